The Morgan fingerprint density at radius 3 is 2.71 bits per heavy atom. The second-order valence-electron chi connectivity index (χ2n) is 3.75. The molecule has 5 heteroatoms. The van der Waals surface area contributed by atoms with Crippen molar-refractivity contribution in [1.29, 1.82) is 0 Å². The summed E-state index contributed by atoms with van der Waals surface area (Å²) in [6, 6.07) is 7.07. The second kappa shape index (κ2) is 4.77. The zero-order valence-electron chi connectivity index (χ0n) is 9.61. The average Bonchev–Trinajstić information content (AvgIpc) is 2.78. The SMILES string of the molecule is COc1ccc(-c2cc(C(C)N)on2)cc1Cl. The Bertz CT molecular complexity index is 523. The molecule has 90 valence electrons. The van der Waals surface area contributed by atoms with Crippen LogP contribution in [0.15, 0.2) is 28.8 Å². The van der Waals surface area contributed by atoms with Crippen LogP contribution in [0.2, 0.25) is 5.02 Å². The summed E-state index contributed by atoms with van der Waals surface area (Å²) in [5.41, 5.74) is 7.28. The molecule has 4 nitrogen and oxygen atoms in total. The number of halogens is 1. The zero-order chi connectivity index (χ0) is 12.4. The first-order valence-electron chi connectivity index (χ1n) is 5.18. The van der Waals surface area contributed by atoms with Crippen LogP contribution in [0.1, 0.15) is 18.7 Å². The van der Waals surface area contributed by atoms with E-state index in [-0.39, 0.29) is 6.04 Å². The quantitative estimate of drug-likeness (QED) is 0.912. The Morgan fingerprint density at radius 1 is 1.41 bits per heavy atom. The maximum absolute atomic E-state index is 6.04. The van der Waals surface area contributed by atoms with E-state index in [1.54, 1.807) is 19.2 Å². The number of ether oxygens (including phenoxy) is 1. The van der Waals surface area contributed by atoms with E-state index in [9.17, 15) is 0 Å². The van der Waals surface area contributed by atoms with Gasteiger partial charge in [-0.1, -0.05) is 16.8 Å². The summed E-state index contributed by atoms with van der Waals surface area (Å²) in [4.78, 5) is 0. The first kappa shape index (κ1) is 12.0. The van der Waals surface area contributed by atoms with E-state index >= 15 is 0 Å². The van der Waals surface area contributed by atoms with E-state index in [4.69, 9.17) is 26.6 Å². The number of hydrogen-bond acceptors (Lipinski definition) is 4. The smallest absolute Gasteiger partial charge is 0.153 e. The fraction of sp³-hybridized carbons (Fsp3) is 0.250. The number of methoxy groups -OCH3 is 1. The molecule has 17 heavy (non-hydrogen) atoms. The Hall–Kier alpha value is -1.52. The van der Waals surface area contributed by atoms with Gasteiger partial charge in [0.05, 0.1) is 18.2 Å². The van der Waals surface area contributed by atoms with Crippen LogP contribution < -0.4 is 10.5 Å². The van der Waals surface area contributed by atoms with Gasteiger partial charge in [0.25, 0.3) is 0 Å². The maximum atomic E-state index is 6.04. The van der Waals surface area contributed by atoms with Crippen LogP contribution in [-0.2, 0) is 0 Å². The molecular formula is C12H13ClN2O2. The second-order valence-corrected chi connectivity index (χ2v) is 4.16. The van der Waals surface area contributed by atoms with Gasteiger partial charge >= 0.3 is 0 Å². The lowest BCUT2D eigenvalue weighted by atomic mass is 10.1. The molecule has 2 N–H and O–H groups in total. The minimum atomic E-state index is -0.176. The molecular weight excluding hydrogens is 240 g/mol. The van der Waals surface area contributed by atoms with Gasteiger partial charge in [-0.2, -0.15) is 0 Å². The maximum Gasteiger partial charge on any atom is 0.153 e. The van der Waals surface area contributed by atoms with E-state index < -0.39 is 0 Å². The lowest BCUT2D eigenvalue weighted by Gasteiger charge is -2.03. The topological polar surface area (TPSA) is 61.3 Å². The van der Waals surface area contributed by atoms with Crippen LogP contribution in [0.3, 0.4) is 0 Å². The number of benzene rings is 1. The van der Waals surface area contributed by atoms with E-state index in [1.165, 1.54) is 0 Å². The van der Waals surface area contributed by atoms with E-state index in [1.807, 2.05) is 19.1 Å². The molecule has 0 aliphatic rings. The molecule has 0 radical (unpaired) electrons. The predicted molar refractivity (Wildman–Crippen MR) is 66.1 cm³/mol. The zero-order valence-corrected chi connectivity index (χ0v) is 10.4. The molecule has 2 rings (SSSR count). The van der Waals surface area contributed by atoms with Crippen LogP contribution in [0.5, 0.6) is 5.75 Å². The highest BCUT2D eigenvalue weighted by Gasteiger charge is 2.11. The number of nitrogens with zero attached hydrogens (tertiary/aromatic N) is 1. The van der Waals surface area contributed by atoms with Crippen molar-refractivity contribution in [2.75, 3.05) is 7.11 Å². The number of aromatic nitrogens is 1. The first-order valence-corrected chi connectivity index (χ1v) is 5.55. The first-order chi connectivity index (χ1) is 8.11. The van der Waals surface area contributed by atoms with E-state index in [0.717, 1.165) is 5.56 Å². The summed E-state index contributed by atoms with van der Waals surface area (Å²) in [5, 5.41) is 4.49. The lowest BCUT2D eigenvalue weighted by Crippen LogP contribution is -2.02. The highest BCUT2D eigenvalue weighted by Crippen LogP contribution is 2.30. The predicted octanol–water partition coefficient (Wildman–Crippen LogP) is 3.02. The molecule has 2 aromatic rings. The molecule has 0 saturated carbocycles. The van der Waals surface area contributed by atoms with Gasteiger partial charge in [-0.3, -0.25) is 0 Å². The third kappa shape index (κ3) is 2.43. The van der Waals surface area contributed by atoms with Crippen LogP contribution in [-0.4, -0.2) is 12.3 Å². The van der Waals surface area contributed by atoms with Gasteiger partial charge in [0.15, 0.2) is 5.76 Å². The van der Waals surface area contributed by atoms with E-state index in [0.29, 0.717) is 22.2 Å². The van der Waals surface area contributed by atoms with Gasteiger partial charge in [0, 0.05) is 11.6 Å². The largest absolute Gasteiger partial charge is 0.495 e. The Labute approximate surface area is 104 Å². The van der Waals surface area contributed by atoms with Gasteiger partial charge in [-0.15, -0.1) is 0 Å². The van der Waals surface area contributed by atoms with Crippen LogP contribution in [0, 0.1) is 0 Å². The summed E-state index contributed by atoms with van der Waals surface area (Å²) >= 11 is 6.04. The summed E-state index contributed by atoms with van der Waals surface area (Å²) in [7, 11) is 1.57. The minimum Gasteiger partial charge on any atom is -0.495 e. The molecule has 0 amide bonds. The van der Waals surface area contributed by atoms with Gasteiger partial charge in [-0.25, -0.2) is 0 Å². The third-order valence-electron chi connectivity index (χ3n) is 2.42. The third-order valence-corrected chi connectivity index (χ3v) is 2.72. The van der Waals surface area contributed by atoms with Crippen molar-refractivity contribution in [3.8, 4) is 17.0 Å². The molecule has 0 aliphatic carbocycles. The fourth-order valence-corrected chi connectivity index (χ4v) is 1.72. The van der Waals surface area contributed by atoms with Gasteiger partial charge in [-0.05, 0) is 25.1 Å². The van der Waals surface area contributed by atoms with Gasteiger partial charge in [0.2, 0.25) is 0 Å². The van der Waals surface area contributed by atoms with Crippen molar-refractivity contribution >= 4 is 11.6 Å². The van der Waals surface area contributed by atoms with Crippen molar-refractivity contribution in [2.24, 2.45) is 5.73 Å². The molecule has 0 aliphatic heterocycles. The molecule has 1 aromatic heterocycles. The van der Waals surface area contributed by atoms with Crippen LogP contribution in [0.25, 0.3) is 11.3 Å². The summed E-state index contributed by atoms with van der Waals surface area (Å²) in [6.45, 7) is 1.84. The molecule has 0 saturated heterocycles. The Kier molecular flexibility index (Phi) is 3.36. The minimum absolute atomic E-state index is 0.176. The monoisotopic (exact) mass is 252 g/mol. The van der Waals surface area contributed by atoms with Crippen LogP contribution in [0.4, 0.5) is 0 Å². The van der Waals surface area contributed by atoms with E-state index in [2.05, 4.69) is 5.16 Å². The number of rotatable bonds is 3. The summed E-state index contributed by atoms with van der Waals surface area (Å²) in [5.74, 6) is 1.28. The summed E-state index contributed by atoms with van der Waals surface area (Å²) in [6.07, 6.45) is 0. The van der Waals surface area contributed by atoms with Crippen molar-refractivity contribution in [3.05, 3.63) is 35.0 Å². The number of hydrogen-bond donors (Lipinski definition) is 1. The summed E-state index contributed by atoms with van der Waals surface area (Å²) < 4.78 is 10.2. The fourth-order valence-electron chi connectivity index (χ4n) is 1.47. The highest BCUT2D eigenvalue weighted by molar-refractivity contribution is 6.32. The molecule has 0 spiro atoms. The van der Waals surface area contributed by atoms with Crippen molar-refractivity contribution in [1.82, 2.24) is 5.16 Å². The molecule has 0 fully saturated rings. The molecule has 1 heterocycles. The lowest BCUT2D eigenvalue weighted by molar-refractivity contribution is 0.369. The van der Waals surface area contributed by atoms with Crippen LogP contribution >= 0.6 is 11.6 Å². The molecule has 1 atom stereocenters. The Balaban J connectivity index is 2.36. The van der Waals surface area contributed by atoms with Gasteiger partial charge < -0.3 is 15.0 Å². The number of nitrogens with two attached hydrogens (primary N) is 1. The molecule has 1 unspecified atom stereocenters. The standard InChI is InChI=1S/C12H13ClN2O2/c1-7(14)12-6-10(15-17-12)8-3-4-11(16-2)9(13)5-8/h3-7H,14H2,1-2H3. The van der Waals surface area contributed by atoms with Crippen molar-refractivity contribution in [2.45, 2.75) is 13.0 Å². The average molecular weight is 253 g/mol. The van der Waals surface area contributed by atoms with Crippen molar-refractivity contribution < 1.29 is 9.26 Å². The molecule has 1 aromatic carbocycles. The normalized spacial score (nSPS) is 12.5. The van der Waals surface area contributed by atoms with Gasteiger partial charge in [0.1, 0.15) is 11.4 Å². The highest BCUT2D eigenvalue weighted by atomic mass is 35.5. The molecule has 0 bridgehead atoms. The van der Waals surface area contributed by atoms with Crippen molar-refractivity contribution in [3.63, 3.8) is 0 Å². The Morgan fingerprint density at radius 2 is 2.18 bits per heavy atom.